The fourth-order valence-corrected chi connectivity index (χ4v) is 3.81. The predicted octanol–water partition coefficient (Wildman–Crippen LogP) is 1.74. The predicted molar refractivity (Wildman–Crippen MR) is 118 cm³/mol. The first-order valence-electron chi connectivity index (χ1n) is 10.2. The van der Waals surface area contributed by atoms with Gasteiger partial charge in [-0.15, -0.1) is 0 Å². The van der Waals surface area contributed by atoms with Crippen LogP contribution in [-0.2, 0) is 24.3 Å². The average molecular weight is 460 g/mol. The Morgan fingerprint density at radius 3 is 2.41 bits per heavy atom. The number of para-hydroxylation sites is 1. The number of ether oxygens (including phenoxy) is 1. The minimum absolute atomic E-state index is 0.0974. The van der Waals surface area contributed by atoms with E-state index in [-0.39, 0.29) is 29.8 Å². The number of carbonyl (C=O) groups is 3. The molecule has 1 fully saturated rings. The molecule has 2 amide bonds. The molecule has 3 rings (SSSR count). The highest BCUT2D eigenvalue weighted by Crippen LogP contribution is 2.21. The van der Waals surface area contributed by atoms with Gasteiger partial charge in [-0.3, -0.25) is 14.4 Å². The van der Waals surface area contributed by atoms with Gasteiger partial charge in [-0.2, -0.15) is 0 Å². The van der Waals surface area contributed by atoms with E-state index in [1.165, 1.54) is 12.1 Å². The zero-order chi connectivity index (χ0) is 23.1. The summed E-state index contributed by atoms with van der Waals surface area (Å²) in [4.78, 5) is 36.4. The fourth-order valence-electron chi connectivity index (χ4n) is 2.77. The van der Waals surface area contributed by atoms with Gasteiger partial charge in [0, 0.05) is 12.6 Å². The Balaban J connectivity index is 1.43. The van der Waals surface area contributed by atoms with Gasteiger partial charge in [0.25, 0.3) is 11.8 Å². The lowest BCUT2D eigenvalue weighted by atomic mass is 10.1. The van der Waals surface area contributed by atoms with E-state index in [4.69, 9.17) is 4.74 Å². The molecule has 0 saturated heterocycles. The number of esters is 1. The molecule has 2 aromatic carbocycles. The number of carbonyl (C=O) groups excluding carboxylic acids is 3. The van der Waals surface area contributed by atoms with Gasteiger partial charge in [0.15, 0.2) is 6.61 Å². The van der Waals surface area contributed by atoms with Crippen molar-refractivity contribution < 1.29 is 27.5 Å². The SMILES string of the molecule is Cc1ccc(S(=O)(=O)NCCC(=O)OCC(=O)Nc2ccccc2C(=O)NC2CC2)cc1. The highest BCUT2D eigenvalue weighted by atomic mass is 32.2. The first-order valence-corrected chi connectivity index (χ1v) is 11.6. The number of benzene rings is 2. The Kier molecular flexibility index (Phi) is 7.60. The minimum Gasteiger partial charge on any atom is -0.456 e. The van der Waals surface area contributed by atoms with Crippen LogP contribution in [-0.4, -0.2) is 45.4 Å². The molecule has 0 bridgehead atoms. The summed E-state index contributed by atoms with van der Waals surface area (Å²) >= 11 is 0. The number of amides is 2. The molecule has 10 heteroatoms. The van der Waals surface area contributed by atoms with Crippen LogP contribution in [0.25, 0.3) is 0 Å². The molecular formula is C22H25N3O6S. The molecule has 0 aliphatic heterocycles. The molecule has 3 N–H and O–H groups in total. The van der Waals surface area contributed by atoms with Crippen LogP contribution in [0.15, 0.2) is 53.4 Å². The first-order chi connectivity index (χ1) is 15.2. The number of sulfonamides is 1. The van der Waals surface area contributed by atoms with Crippen molar-refractivity contribution in [3.05, 3.63) is 59.7 Å². The summed E-state index contributed by atoms with van der Waals surface area (Å²) in [6.07, 6.45) is 1.65. The molecule has 0 spiro atoms. The lowest BCUT2D eigenvalue weighted by Gasteiger charge is -2.11. The quantitative estimate of drug-likeness (QED) is 0.464. The van der Waals surface area contributed by atoms with Crippen molar-refractivity contribution in [3.8, 4) is 0 Å². The molecule has 9 nitrogen and oxygen atoms in total. The first kappa shape index (κ1) is 23.4. The molecule has 1 aliphatic carbocycles. The molecule has 1 saturated carbocycles. The number of hydrogen-bond donors (Lipinski definition) is 3. The second-order valence-corrected chi connectivity index (χ2v) is 9.23. The standard InChI is InChI=1S/C22H25N3O6S/c1-15-6-10-17(11-7-15)32(29,30)23-13-12-21(27)31-14-20(26)25-19-5-3-2-4-18(19)22(28)24-16-8-9-16/h2-7,10-11,16,23H,8-9,12-14H2,1H3,(H,24,28)(H,25,26). The summed E-state index contributed by atoms with van der Waals surface area (Å²) in [5, 5.41) is 5.41. The Hall–Kier alpha value is -3.24. The third-order valence-corrected chi connectivity index (χ3v) is 6.15. The maximum Gasteiger partial charge on any atom is 0.307 e. The molecule has 1 aliphatic rings. The van der Waals surface area contributed by atoms with Crippen LogP contribution in [0.5, 0.6) is 0 Å². The average Bonchev–Trinajstić information content (AvgIpc) is 3.57. The second-order valence-electron chi connectivity index (χ2n) is 7.46. The minimum atomic E-state index is -3.74. The number of aryl methyl sites for hydroxylation is 1. The zero-order valence-electron chi connectivity index (χ0n) is 17.6. The van der Waals surface area contributed by atoms with Gasteiger partial charge in [0.2, 0.25) is 10.0 Å². The van der Waals surface area contributed by atoms with Crippen molar-refractivity contribution in [1.29, 1.82) is 0 Å². The van der Waals surface area contributed by atoms with Crippen molar-refractivity contribution >= 4 is 33.5 Å². The number of anilines is 1. The van der Waals surface area contributed by atoms with Gasteiger partial charge in [0.05, 0.1) is 22.6 Å². The van der Waals surface area contributed by atoms with E-state index in [1.54, 1.807) is 36.4 Å². The Labute approximate surface area is 186 Å². The number of nitrogens with one attached hydrogen (secondary N) is 3. The molecule has 0 heterocycles. The summed E-state index contributed by atoms with van der Waals surface area (Å²) in [6, 6.07) is 13.0. The van der Waals surface area contributed by atoms with E-state index in [2.05, 4.69) is 15.4 Å². The zero-order valence-corrected chi connectivity index (χ0v) is 18.4. The van der Waals surface area contributed by atoms with E-state index >= 15 is 0 Å². The lowest BCUT2D eigenvalue weighted by molar-refractivity contribution is -0.147. The van der Waals surface area contributed by atoms with E-state index in [0.717, 1.165) is 18.4 Å². The summed E-state index contributed by atoms with van der Waals surface area (Å²) in [7, 11) is -3.74. The van der Waals surface area contributed by atoms with Crippen LogP contribution >= 0.6 is 0 Å². The summed E-state index contributed by atoms with van der Waals surface area (Å²) in [5.41, 5.74) is 1.57. The van der Waals surface area contributed by atoms with E-state index in [1.807, 2.05) is 6.92 Å². The van der Waals surface area contributed by atoms with Gasteiger partial charge < -0.3 is 15.4 Å². The molecule has 2 aromatic rings. The lowest BCUT2D eigenvalue weighted by Crippen LogP contribution is -2.29. The summed E-state index contributed by atoms with van der Waals surface area (Å²) in [6.45, 7) is 1.13. The maximum atomic E-state index is 12.3. The second kappa shape index (κ2) is 10.4. The Morgan fingerprint density at radius 2 is 1.72 bits per heavy atom. The third-order valence-electron chi connectivity index (χ3n) is 4.68. The molecule has 32 heavy (non-hydrogen) atoms. The fraction of sp³-hybridized carbons (Fsp3) is 0.318. The van der Waals surface area contributed by atoms with Gasteiger partial charge in [0.1, 0.15) is 0 Å². The molecule has 0 atom stereocenters. The molecule has 170 valence electrons. The van der Waals surface area contributed by atoms with Gasteiger partial charge in [-0.1, -0.05) is 29.8 Å². The van der Waals surface area contributed by atoms with Crippen molar-refractivity contribution in [2.75, 3.05) is 18.5 Å². The smallest absolute Gasteiger partial charge is 0.307 e. The van der Waals surface area contributed by atoms with Gasteiger partial charge in [-0.05, 0) is 44.0 Å². The monoisotopic (exact) mass is 459 g/mol. The highest BCUT2D eigenvalue weighted by Gasteiger charge is 2.25. The summed E-state index contributed by atoms with van der Waals surface area (Å²) in [5.74, 6) is -1.61. The van der Waals surface area contributed by atoms with Crippen LogP contribution < -0.4 is 15.4 Å². The maximum absolute atomic E-state index is 12.3. The Morgan fingerprint density at radius 1 is 1.03 bits per heavy atom. The van der Waals surface area contributed by atoms with Crippen LogP contribution in [0.1, 0.15) is 35.2 Å². The van der Waals surface area contributed by atoms with E-state index in [9.17, 15) is 22.8 Å². The number of rotatable bonds is 10. The van der Waals surface area contributed by atoms with Crippen molar-refractivity contribution in [3.63, 3.8) is 0 Å². The van der Waals surface area contributed by atoms with Gasteiger partial charge in [-0.25, -0.2) is 13.1 Å². The normalized spacial score (nSPS) is 13.3. The van der Waals surface area contributed by atoms with Crippen molar-refractivity contribution in [1.82, 2.24) is 10.0 Å². The molecular weight excluding hydrogens is 434 g/mol. The molecule has 0 radical (unpaired) electrons. The van der Waals surface area contributed by atoms with Crippen molar-refractivity contribution in [2.24, 2.45) is 0 Å². The highest BCUT2D eigenvalue weighted by molar-refractivity contribution is 7.89. The van der Waals surface area contributed by atoms with Crippen LogP contribution in [0.2, 0.25) is 0 Å². The molecule has 0 aromatic heterocycles. The van der Waals surface area contributed by atoms with E-state index < -0.39 is 28.5 Å². The number of hydrogen-bond acceptors (Lipinski definition) is 6. The van der Waals surface area contributed by atoms with E-state index in [0.29, 0.717) is 11.3 Å². The van der Waals surface area contributed by atoms with Crippen LogP contribution in [0.4, 0.5) is 5.69 Å². The summed E-state index contributed by atoms with van der Waals surface area (Å²) < 4.78 is 31.6. The van der Waals surface area contributed by atoms with Crippen LogP contribution in [0.3, 0.4) is 0 Å². The van der Waals surface area contributed by atoms with Gasteiger partial charge >= 0.3 is 5.97 Å². The van der Waals surface area contributed by atoms with Crippen LogP contribution in [0, 0.1) is 6.92 Å². The topological polar surface area (TPSA) is 131 Å². The Bertz CT molecular complexity index is 1090. The van der Waals surface area contributed by atoms with Crippen molar-refractivity contribution in [2.45, 2.75) is 37.1 Å². The third kappa shape index (κ3) is 6.89. The molecule has 0 unspecified atom stereocenters. The largest absolute Gasteiger partial charge is 0.456 e.